The van der Waals surface area contributed by atoms with E-state index in [1.165, 1.54) is 70.6 Å². The Balaban J connectivity index is 1.88. The van der Waals surface area contributed by atoms with Gasteiger partial charge in [-0.2, -0.15) is 0 Å². The number of ether oxygens (including phenoxy) is 1. The summed E-state index contributed by atoms with van der Waals surface area (Å²) >= 11 is 3.40. The van der Waals surface area contributed by atoms with Crippen LogP contribution >= 0.6 is 15.9 Å². The van der Waals surface area contributed by atoms with Crippen molar-refractivity contribution in [3.05, 3.63) is 12.2 Å². The van der Waals surface area contributed by atoms with Crippen LogP contribution in [0.5, 0.6) is 0 Å². The summed E-state index contributed by atoms with van der Waals surface area (Å²) in [5.74, 6) is 0. The molecule has 0 aromatic rings. The molecule has 0 aliphatic carbocycles. The zero-order chi connectivity index (χ0) is 16.8. The van der Waals surface area contributed by atoms with Crippen molar-refractivity contribution in [2.75, 3.05) is 5.33 Å². The van der Waals surface area contributed by atoms with Crippen molar-refractivity contribution in [2.24, 2.45) is 0 Å². The molecule has 0 bridgehead atoms. The molecule has 0 spiro atoms. The average Bonchev–Trinajstić information content (AvgIpc) is 2.91. The monoisotopic (exact) mass is 387 g/mol. The molecule has 1 amide bonds. The van der Waals surface area contributed by atoms with Crippen molar-refractivity contribution < 1.29 is 9.53 Å². The number of amides is 1. The largest absolute Gasteiger partial charge is 0.440 e. The Morgan fingerprint density at radius 2 is 1.57 bits per heavy atom. The molecule has 23 heavy (non-hydrogen) atoms. The maximum atomic E-state index is 11.2. The first-order chi connectivity index (χ1) is 11.3. The Kier molecular flexibility index (Phi) is 12.4. The number of alkyl halides is 1. The third-order valence-electron chi connectivity index (χ3n) is 4.41. The number of rotatable bonds is 14. The molecule has 4 heteroatoms. The van der Waals surface area contributed by atoms with Gasteiger partial charge in [-0.15, -0.1) is 0 Å². The van der Waals surface area contributed by atoms with Crippen LogP contribution in [-0.4, -0.2) is 23.6 Å². The number of hydrogen-bond donors (Lipinski definition) is 1. The van der Waals surface area contributed by atoms with E-state index < -0.39 is 0 Å². The van der Waals surface area contributed by atoms with Crippen molar-refractivity contribution in [2.45, 2.75) is 96.1 Å². The molecule has 1 aliphatic heterocycles. The van der Waals surface area contributed by atoms with Crippen LogP contribution < -0.4 is 5.32 Å². The van der Waals surface area contributed by atoms with Crippen LogP contribution in [0.25, 0.3) is 0 Å². The maximum absolute atomic E-state index is 11.2. The third-order valence-corrected chi connectivity index (χ3v) is 5.11. The SMILES string of the molecule is CCCCCCCCCCCCC/C=C/[C@@H]1OC(=O)N[C@H]1CBr. The topological polar surface area (TPSA) is 38.3 Å². The zero-order valence-electron chi connectivity index (χ0n) is 14.7. The summed E-state index contributed by atoms with van der Waals surface area (Å²) in [5.41, 5.74) is 0. The first kappa shape index (κ1) is 20.5. The minimum absolute atomic E-state index is 0.0658. The van der Waals surface area contributed by atoms with E-state index in [9.17, 15) is 4.79 Å². The second-order valence-electron chi connectivity index (χ2n) is 6.53. The van der Waals surface area contributed by atoms with E-state index in [0.29, 0.717) is 0 Å². The molecule has 1 rings (SSSR count). The number of carbonyl (C=O) groups excluding carboxylic acids is 1. The molecule has 0 aromatic carbocycles. The first-order valence-electron chi connectivity index (χ1n) is 9.47. The van der Waals surface area contributed by atoms with Crippen molar-refractivity contribution in [3.8, 4) is 0 Å². The molecule has 1 saturated heterocycles. The standard InChI is InChI=1S/C19H34BrNO2/c1-2-3-4-5-6-7-8-9-10-11-12-13-14-15-18-17(16-20)21-19(22)23-18/h14-15,17-18H,2-13,16H2,1H3,(H,21,22)/b15-14+/t17-,18-/m0/s1. The first-order valence-corrected chi connectivity index (χ1v) is 10.6. The molecule has 134 valence electrons. The van der Waals surface area contributed by atoms with Crippen LogP contribution in [-0.2, 0) is 4.74 Å². The molecule has 0 unspecified atom stereocenters. The maximum Gasteiger partial charge on any atom is 0.408 e. The van der Waals surface area contributed by atoms with Crippen LogP contribution in [0.2, 0.25) is 0 Å². The van der Waals surface area contributed by atoms with Gasteiger partial charge in [-0.3, -0.25) is 0 Å². The average molecular weight is 388 g/mol. The van der Waals surface area contributed by atoms with Crippen molar-refractivity contribution in [3.63, 3.8) is 0 Å². The number of cyclic esters (lactones) is 1. The van der Waals surface area contributed by atoms with Gasteiger partial charge in [0, 0.05) is 5.33 Å². The smallest absolute Gasteiger partial charge is 0.408 e. The molecule has 0 radical (unpaired) electrons. The van der Waals surface area contributed by atoms with Crippen molar-refractivity contribution in [1.29, 1.82) is 0 Å². The normalized spacial score (nSPS) is 20.9. The number of nitrogens with one attached hydrogen (secondary N) is 1. The fourth-order valence-electron chi connectivity index (χ4n) is 2.93. The van der Waals surface area contributed by atoms with Gasteiger partial charge in [0.1, 0.15) is 6.10 Å². The summed E-state index contributed by atoms with van der Waals surface area (Å²) < 4.78 is 5.21. The lowest BCUT2D eigenvalue weighted by Crippen LogP contribution is -2.31. The molecule has 3 nitrogen and oxygen atoms in total. The molecule has 0 aromatic heterocycles. The lowest BCUT2D eigenvalue weighted by molar-refractivity contribution is 0.154. The van der Waals surface area contributed by atoms with Crippen molar-refractivity contribution in [1.82, 2.24) is 5.32 Å². The van der Waals surface area contributed by atoms with Gasteiger partial charge in [0.25, 0.3) is 0 Å². The van der Waals surface area contributed by atoms with Gasteiger partial charge >= 0.3 is 6.09 Å². The van der Waals surface area contributed by atoms with E-state index in [2.05, 4.69) is 34.2 Å². The molecule has 1 heterocycles. The summed E-state index contributed by atoms with van der Waals surface area (Å²) in [6.45, 7) is 2.27. The highest BCUT2D eigenvalue weighted by molar-refractivity contribution is 9.09. The van der Waals surface area contributed by atoms with Gasteiger partial charge in [-0.25, -0.2) is 4.79 Å². The lowest BCUT2D eigenvalue weighted by atomic mass is 10.0. The van der Waals surface area contributed by atoms with Crippen LogP contribution in [0.15, 0.2) is 12.2 Å². The Morgan fingerprint density at radius 3 is 2.13 bits per heavy atom. The molecule has 1 fully saturated rings. The molecular formula is C19H34BrNO2. The van der Waals surface area contributed by atoms with E-state index >= 15 is 0 Å². The second kappa shape index (κ2) is 13.9. The minimum Gasteiger partial charge on any atom is -0.440 e. The van der Waals surface area contributed by atoms with Gasteiger partial charge in [-0.1, -0.05) is 93.1 Å². The molecule has 2 atom stereocenters. The highest BCUT2D eigenvalue weighted by atomic mass is 79.9. The summed E-state index contributed by atoms with van der Waals surface area (Å²) in [5, 5.41) is 3.52. The summed E-state index contributed by atoms with van der Waals surface area (Å²) in [6, 6.07) is 0.0658. The number of allylic oxidation sites excluding steroid dienone is 1. The van der Waals surface area contributed by atoms with Gasteiger partial charge in [0.15, 0.2) is 0 Å². The number of halogens is 1. The van der Waals surface area contributed by atoms with Crippen molar-refractivity contribution >= 4 is 22.0 Å². The Labute approximate surface area is 150 Å². The highest BCUT2D eigenvalue weighted by Gasteiger charge is 2.30. The predicted octanol–water partition coefficient (Wildman–Crippen LogP) is 6.12. The second-order valence-corrected chi connectivity index (χ2v) is 7.17. The fraction of sp³-hybridized carbons (Fsp3) is 0.842. The molecule has 1 aliphatic rings. The number of unbranched alkanes of at least 4 members (excludes halogenated alkanes) is 11. The lowest BCUT2D eigenvalue weighted by Gasteiger charge is -2.09. The number of carbonyl (C=O) groups is 1. The molecule has 0 saturated carbocycles. The van der Waals surface area contributed by atoms with Crippen LogP contribution in [0, 0.1) is 0 Å². The highest BCUT2D eigenvalue weighted by Crippen LogP contribution is 2.14. The summed E-state index contributed by atoms with van der Waals surface area (Å²) in [6.07, 6.45) is 20.0. The third kappa shape index (κ3) is 10.1. The Morgan fingerprint density at radius 1 is 1.00 bits per heavy atom. The number of hydrogen-bond acceptors (Lipinski definition) is 2. The van der Waals surface area contributed by atoms with Gasteiger partial charge in [0.2, 0.25) is 0 Å². The van der Waals surface area contributed by atoms with Gasteiger partial charge in [0.05, 0.1) is 6.04 Å². The summed E-state index contributed by atoms with van der Waals surface area (Å²) in [4.78, 5) is 11.2. The summed E-state index contributed by atoms with van der Waals surface area (Å²) in [7, 11) is 0. The predicted molar refractivity (Wildman–Crippen MR) is 101 cm³/mol. The van der Waals surface area contributed by atoms with E-state index in [-0.39, 0.29) is 18.2 Å². The van der Waals surface area contributed by atoms with E-state index in [4.69, 9.17) is 4.74 Å². The minimum atomic E-state index is -0.307. The molecule has 1 N–H and O–H groups in total. The van der Waals surface area contributed by atoms with Crippen LogP contribution in [0.4, 0.5) is 4.79 Å². The van der Waals surface area contributed by atoms with Crippen LogP contribution in [0.3, 0.4) is 0 Å². The van der Waals surface area contributed by atoms with E-state index in [1.807, 2.05) is 6.08 Å². The number of alkyl carbamates (subject to hydrolysis) is 1. The molecular weight excluding hydrogens is 354 g/mol. The van der Waals surface area contributed by atoms with Gasteiger partial charge < -0.3 is 10.1 Å². The van der Waals surface area contributed by atoms with Gasteiger partial charge in [-0.05, 0) is 18.9 Å². The van der Waals surface area contributed by atoms with E-state index in [1.54, 1.807) is 0 Å². The Hall–Kier alpha value is -0.510. The van der Waals surface area contributed by atoms with Crippen LogP contribution in [0.1, 0.15) is 84.0 Å². The quantitative estimate of drug-likeness (QED) is 0.221. The Bertz CT molecular complexity index is 333. The fourth-order valence-corrected chi connectivity index (χ4v) is 3.46. The van der Waals surface area contributed by atoms with E-state index in [0.717, 1.165) is 11.8 Å². The zero-order valence-corrected chi connectivity index (χ0v) is 16.3.